The molecule has 1 aromatic carbocycles. The van der Waals surface area contributed by atoms with E-state index in [1.165, 1.54) is 10.4 Å². The fraction of sp³-hybridized carbons (Fsp3) is 0.500. The average molecular weight is 394 g/mol. The van der Waals surface area contributed by atoms with Crippen LogP contribution in [0, 0.1) is 11.7 Å². The number of hydrogen-bond donors (Lipinski definition) is 0. The Hall–Kier alpha value is -0.990. The zero-order valence-corrected chi connectivity index (χ0v) is 14.5. The number of carbonyl (C=O) groups excluding carboxylic acids is 1. The van der Waals surface area contributed by atoms with E-state index in [-0.39, 0.29) is 12.5 Å². The van der Waals surface area contributed by atoms with E-state index in [9.17, 15) is 17.6 Å². The molecular formula is C14H17BrFNO4S. The molecule has 1 aliphatic heterocycles. The predicted octanol–water partition coefficient (Wildman–Crippen LogP) is 2.30. The molecule has 1 heterocycles. The molecule has 0 aliphatic carbocycles. The normalized spacial score (nSPS) is 17.4. The van der Waals surface area contributed by atoms with Crippen LogP contribution in [0.1, 0.15) is 18.4 Å². The van der Waals surface area contributed by atoms with Gasteiger partial charge in [0.25, 0.3) is 0 Å². The smallest absolute Gasteiger partial charge is 0.309 e. The fourth-order valence-corrected chi connectivity index (χ4v) is 3.54. The monoisotopic (exact) mass is 393 g/mol. The summed E-state index contributed by atoms with van der Waals surface area (Å²) >= 11 is 3.16. The molecule has 8 heteroatoms. The molecule has 1 fully saturated rings. The molecule has 0 atom stereocenters. The maximum absolute atomic E-state index is 13.6. The molecule has 0 amide bonds. The number of carbonyl (C=O) groups is 1. The van der Waals surface area contributed by atoms with E-state index in [4.69, 9.17) is 4.74 Å². The number of nitrogens with zero attached hydrogens (tertiary/aromatic N) is 1. The number of benzene rings is 1. The van der Waals surface area contributed by atoms with Gasteiger partial charge in [-0.1, -0.05) is 22.0 Å². The zero-order valence-electron chi connectivity index (χ0n) is 12.1. The second kappa shape index (κ2) is 7.06. The van der Waals surface area contributed by atoms with Crippen LogP contribution >= 0.6 is 15.9 Å². The van der Waals surface area contributed by atoms with Gasteiger partial charge in [0.15, 0.2) is 0 Å². The number of rotatable bonds is 4. The lowest BCUT2D eigenvalue weighted by atomic mass is 9.98. The van der Waals surface area contributed by atoms with Crippen LogP contribution in [-0.4, -0.2) is 38.0 Å². The summed E-state index contributed by atoms with van der Waals surface area (Å²) in [5.41, 5.74) is 0.310. The molecule has 1 aromatic rings. The van der Waals surface area contributed by atoms with Crippen molar-refractivity contribution in [1.29, 1.82) is 0 Å². The van der Waals surface area contributed by atoms with Gasteiger partial charge in [-0.25, -0.2) is 17.1 Å². The Morgan fingerprint density at radius 1 is 1.41 bits per heavy atom. The molecule has 1 aliphatic rings. The lowest BCUT2D eigenvalue weighted by Crippen LogP contribution is -2.40. The minimum Gasteiger partial charge on any atom is -0.460 e. The van der Waals surface area contributed by atoms with Gasteiger partial charge in [-0.05, 0) is 25.0 Å². The Morgan fingerprint density at radius 3 is 2.59 bits per heavy atom. The van der Waals surface area contributed by atoms with Crippen molar-refractivity contribution in [1.82, 2.24) is 4.31 Å². The molecule has 0 bridgehead atoms. The first-order valence-corrected chi connectivity index (χ1v) is 9.47. The maximum Gasteiger partial charge on any atom is 0.309 e. The number of piperidine rings is 1. The second-order valence-corrected chi connectivity index (χ2v) is 8.18. The first-order chi connectivity index (χ1) is 10.3. The summed E-state index contributed by atoms with van der Waals surface area (Å²) in [6.07, 6.45) is 2.01. The van der Waals surface area contributed by atoms with Crippen molar-refractivity contribution in [2.24, 2.45) is 5.92 Å². The van der Waals surface area contributed by atoms with E-state index >= 15 is 0 Å². The molecule has 2 rings (SSSR count). The third-order valence-corrected chi connectivity index (χ3v) is 5.44. The highest BCUT2D eigenvalue weighted by atomic mass is 79.9. The number of ether oxygens (including phenoxy) is 1. The van der Waals surface area contributed by atoms with Gasteiger partial charge in [-0.3, -0.25) is 4.79 Å². The highest BCUT2D eigenvalue weighted by Gasteiger charge is 2.29. The molecule has 0 saturated carbocycles. The van der Waals surface area contributed by atoms with Crippen LogP contribution < -0.4 is 0 Å². The quantitative estimate of drug-likeness (QED) is 0.736. The average Bonchev–Trinajstić information content (AvgIpc) is 2.45. The number of sulfonamides is 1. The van der Waals surface area contributed by atoms with Crippen LogP contribution in [0.15, 0.2) is 22.7 Å². The summed E-state index contributed by atoms with van der Waals surface area (Å²) in [5.74, 6) is -1.18. The Morgan fingerprint density at radius 2 is 2.05 bits per heavy atom. The summed E-state index contributed by atoms with van der Waals surface area (Å²) in [5, 5.41) is 0. The molecule has 0 aromatic heterocycles. The highest BCUT2D eigenvalue weighted by Crippen LogP contribution is 2.22. The van der Waals surface area contributed by atoms with Gasteiger partial charge in [-0.2, -0.15) is 0 Å². The van der Waals surface area contributed by atoms with Gasteiger partial charge in [-0.15, -0.1) is 0 Å². The van der Waals surface area contributed by atoms with Gasteiger partial charge >= 0.3 is 5.97 Å². The van der Waals surface area contributed by atoms with Gasteiger partial charge < -0.3 is 4.74 Å². The molecule has 1 saturated heterocycles. The molecule has 0 N–H and O–H groups in total. The molecule has 0 radical (unpaired) electrons. The maximum atomic E-state index is 13.6. The van der Waals surface area contributed by atoms with Crippen molar-refractivity contribution in [3.05, 3.63) is 34.1 Å². The fourth-order valence-electron chi connectivity index (χ4n) is 2.33. The van der Waals surface area contributed by atoms with Crippen LogP contribution in [0.5, 0.6) is 0 Å². The molecular weight excluding hydrogens is 377 g/mol. The SMILES string of the molecule is CS(=O)(=O)N1CCC(C(=O)OCc2ccc(Br)cc2F)CC1. The van der Waals surface area contributed by atoms with Crippen LogP contribution in [0.3, 0.4) is 0 Å². The van der Waals surface area contributed by atoms with E-state index in [0.29, 0.717) is 36.0 Å². The Labute approximate surface area is 137 Å². The Balaban J connectivity index is 1.86. The lowest BCUT2D eigenvalue weighted by Gasteiger charge is -2.28. The number of hydrogen-bond acceptors (Lipinski definition) is 4. The number of halogens is 2. The van der Waals surface area contributed by atoms with Crippen LogP contribution in [0.25, 0.3) is 0 Å². The van der Waals surface area contributed by atoms with E-state index in [0.717, 1.165) is 6.26 Å². The van der Waals surface area contributed by atoms with Gasteiger partial charge in [0.1, 0.15) is 12.4 Å². The van der Waals surface area contributed by atoms with Crippen molar-refractivity contribution >= 4 is 31.9 Å². The lowest BCUT2D eigenvalue weighted by molar-refractivity contribution is -0.151. The third kappa shape index (κ3) is 4.50. The first-order valence-electron chi connectivity index (χ1n) is 6.83. The van der Waals surface area contributed by atoms with Crippen molar-refractivity contribution in [3.63, 3.8) is 0 Å². The Kier molecular flexibility index (Phi) is 5.57. The van der Waals surface area contributed by atoms with Gasteiger partial charge in [0.2, 0.25) is 10.0 Å². The van der Waals surface area contributed by atoms with E-state index in [1.54, 1.807) is 12.1 Å². The van der Waals surface area contributed by atoms with E-state index < -0.39 is 21.8 Å². The predicted molar refractivity (Wildman–Crippen MR) is 83.0 cm³/mol. The summed E-state index contributed by atoms with van der Waals surface area (Å²) in [6.45, 7) is 0.501. The van der Waals surface area contributed by atoms with Crippen LogP contribution in [-0.2, 0) is 26.2 Å². The second-order valence-electron chi connectivity index (χ2n) is 5.28. The molecule has 22 heavy (non-hydrogen) atoms. The van der Waals surface area contributed by atoms with Crippen molar-refractivity contribution in [2.75, 3.05) is 19.3 Å². The minimum absolute atomic E-state index is 0.121. The van der Waals surface area contributed by atoms with E-state index in [1.807, 2.05) is 0 Å². The van der Waals surface area contributed by atoms with Crippen molar-refractivity contribution in [3.8, 4) is 0 Å². The molecule has 5 nitrogen and oxygen atoms in total. The van der Waals surface area contributed by atoms with Crippen LogP contribution in [0.4, 0.5) is 4.39 Å². The molecule has 0 spiro atoms. The van der Waals surface area contributed by atoms with Gasteiger partial charge in [0.05, 0.1) is 12.2 Å². The number of esters is 1. The molecule has 0 unspecified atom stereocenters. The zero-order chi connectivity index (χ0) is 16.3. The van der Waals surface area contributed by atoms with Gasteiger partial charge in [0, 0.05) is 23.1 Å². The summed E-state index contributed by atoms with van der Waals surface area (Å²) in [4.78, 5) is 12.0. The van der Waals surface area contributed by atoms with Crippen molar-refractivity contribution < 1.29 is 22.3 Å². The molecule has 122 valence electrons. The van der Waals surface area contributed by atoms with Crippen LogP contribution in [0.2, 0.25) is 0 Å². The van der Waals surface area contributed by atoms with Crippen molar-refractivity contribution in [2.45, 2.75) is 19.4 Å². The minimum atomic E-state index is -3.21. The summed E-state index contributed by atoms with van der Waals surface area (Å²) in [7, 11) is -3.21. The highest BCUT2D eigenvalue weighted by molar-refractivity contribution is 9.10. The van der Waals surface area contributed by atoms with E-state index in [2.05, 4.69) is 15.9 Å². The first kappa shape index (κ1) is 17.4. The standard InChI is InChI=1S/C14H17BrFNO4S/c1-22(19,20)17-6-4-10(5-7-17)14(18)21-9-11-2-3-12(15)8-13(11)16/h2-3,8,10H,4-7,9H2,1H3. The third-order valence-electron chi connectivity index (χ3n) is 3.64. The summed E-state index contributed by atoms with van der Waals surface area (Å²) in [6, 6.07) is 4.55. The summed E-state index contributed by atoms with van der Waals surface area (Å²) < 4.78 is 43.6. The Bertz CT molecular complexity index is 657. The topological polar surface area (TPSA) is 63.7 Å². The largest absolute Gasteiger partial charge is 0.460 e.